The van der Waals surface area contributed by atoms with E-state index in [1.165, 1.54) is 19.2 Å². The fourth-order valence-corrected chi connectivity index (χ4v) is 4.90. The predicted octanol–water partition coefficient (Wildman–Crippen LogP) is 2.32. The Hall–Kier alpha value is -2.78. The molecule has 1 aliphatic heterocycles. The van der Waals surface area contributed by atoms with E-state index in [9.17, 15) is 18.0 Å². The highest BCUT2D eigenvalue weighted by molar-refractivity contribution is 7.90. The second-order valence-electron chi connectivity index (χ2n) is 7.08. The van der Waals surface area contributed by atoms with Gasteiger partial charge < -0.3 is 20.1 Å². The molecule has 2 unspecified atom stereocenters. The number of nitrogens with two attached hydrogens (primary N) is 1. The van der Waals surface area contributed by atoms with Crippen LogP contribution in [-0.2, 0) is 14.6 Å². The first-order valence-corrected chi connectivity index (χ1v) is 11.8. The summed E-state index contributed by atoms with van der Waals surface area (Å²) < 4.78 is 35.5. The van der Waals surface area contributed by atoms with Crippen molar-refractivity contribution in [3.8, 4) is 11.5 Å². The van der Waals surface area contributed by atoms with E-state index in [0.717, 1.165) is 11.2 Å². The largest absolute Gasteiger partial charge is 0.493 e. The van der Waals surface area contributed by atoms with Gasteiger partial charge in [0.25, 0.3) is 5.91 Å². The summed E-state index contributed by atoms with van der Waals surface area (Å²) in [5.41, 5.74) is 6.39. The van der Waals surface area contributed by atoms with Crippen LogP contribution in [0.1, 0.15) is 40.5 Å². The number of carbonyl (C=O) groups is 2. The third-order valence-corrected chi connectivity index (χ3v) is 6.17. The van der Waals surface area contributed by atoms with Gasteiger partial charge in [-0.2, -0.15) is 0 Å². The fraction of sp³-hybridized carbons (Fsp3) is 0.333. The van der Waals surface area contributed by atoms with Gasteiger partial charge in [-0.1, -0.05) is 23.7 Å². The topological polar surface area (TPSA) is 116 Å². The van der Waals surface area contributed by atoms with Gasteiger partial charge in [0.1, 0.15) is 15.9 Å². The minimum absolute atomic E-state index is 0.0911. The van der Waals surface area contributed by atoms with Gasteiger partial charge in [0.05, 0.1) is 31.1 Å². The van der Waals surface area contributed by atoms with Crippen LogP contribution in [-0.4, -0.2) is 50.9 Å². The number of ether oxygens (including phenoxy) is 2. The van der Waals surface area contributed by atoms with Crippen molar-refractivity contribution in [2.75, 3.05) is 25.7 Å². The lowest BCUT2D eigenvalue weighted by Crippen LogP contribution is -2.41. The molecular formula is C21H22ClN2O6S. The molecule has 0 aliphatic carbocycles. The first-order valence-electron chi connectivity index (χ1n) is 9.39. The van der Waals surface area contributed by atoms with E-state index in [4.69, 9.17) is 26.8 Å². The van der Waals surface area contributed by atoms with E-state index in [0.29, 0.717) is 23.7 Å². The molecule has 0 saturated carbocycles. The molecule has 2 N–H and O–H groups in total. The molecule has 1 radical (unpaired) electrons. The number of halogens is 1. The van der Waals surface area contributed by atoms with Crippen LogP contribution in [0, 0.1) is 6.07 Å². The summed E-state index contributed by atoms with van der Waals surface area (Å²) in [5, 5.41) is 0.177. The minimum Gasteiger partial charge on any atom is -0.493 e. The number of primary amides is 1. The molecule has 2 aromatic carbocycles. The summed E-state index contributed by atoms with van der Waals surface area (Å²) in [7, 11) is -2.10. The Labute approximate surface area is 185 Å². The van der Waals surface area contributed by atoms with Crippen molar-refractivity contribution in [1.29, 1.82) is 0 Å². The van der Waals surface area contributed by atoms with E-state index in [-0.39, 0.29) is 16.1 Å². The van der Waals surface area contributed by atoms with Gasteiger partial charge in [0.15, 0.2) is 11.5 Å². The Bertz CT molecular complexity index is 1130. The first-order chi connectivity index (χ1) is 14.6. The summed E-state index contributed by atoms with van der Waals surface area (Å²) in [6.07, 6.45) is 1.05. The summed E-state index contributed by atoms with van der Waals surface area (Å²) in [6, 6.07) is 8.32. The molecule has 0 aromatic heterocycles. The molecule has 10 heteroatoms. The molecule has 0 spiro atoms. The molecule has 1 aliphatic rings. The van der Waals surface area contributed by atoms with Crippen LogP contribution in [0.15, 0.2) is 30.3 Å². The number of methoxy groups -OCH3 is 1. The van der Waals surface area contributed by atoms with Crippen molar-refractivity contribution in [3.05, 3.63) is 58.1 Å². The van der Waals surface area contributed by atoms with E-state index in [1.54, 1.807) is 25.1 Å². The van der Waals surface area contributed by atoms with Gasteiger partial charge in [-0.3, -0.25) is 9.59 Å². The van der Waals surface area contributed by atoms with Gasteiger partial charge in [-0.15, -0.1) is 0 Å². The zero-order valence-corrected chi connectivity index (χ0v) is 18.8. The van der Waals surface area contributed by atoms with Crippen LogP contribution >= 0.6 is 11.6 Å². The monoisotopic (exact) mass is 465 g/mol. The number of benzene rings is 2. The molecule has 8 nitrogen and oxygen atoms in total. The maximum absolute atomic E-state index is 13.3. The number of fused-ring (bicyclic) bond motifs is 1. The van der Waals surface area contributed by atoms with Gasteiger partial charge in [-0.05, 0) is 36.8 Å². The molecule has 2 aromatic rings. The van der Waals surface area contributed by atoms with Gasteiger partial charge in [0, 0.05) is 16.8 Å². The zero-order valence-electron chi connectivity index (χ0n) is 17.2. The lowest BCUT2D eigenvalue weighted by molar-refractivity contribution is -0.123. The lowest BCUT2D eigenvalue weighted by atomic mass is 10.0. The van der Waals surface area contributed by atoms with Crippen LogP contribution in [0.25, 0.3) is 0 Å². The molecule has 0 saturated heterocycles. The van der Waals surface area contributed by atoms with Crippen molar-refractivity contribution < 1.29 is 27.5 Å². The van der Waals surface area contributed by atoms with E-state index in [1.807, 2.05) is 0 Å². The number of hydrogen-bond donors (Lipinski definition) is 1. The maximum atomic E-state index is 13.3. The lowest BCUT2D eigenvalue weighted by Gasteiger charge is -2.32. The van der Waals surface area contributed by atoms with E-state index >= 15 is 0 Å². The quantitative estimate of drug-likeness (QED) is 0.639. The highest BCUT2D eigenvalue weighted by Crippen LogP contribution is 2.44. The molecule has 165 valence electrons. The average Bonchev–Trinajstić information content (AvgIpc) is 3.00. The SMILES string of the molecule is CCOc1cc(C(CS(C)(=O)=O)N2C(=O)c3[c]ccc(Cl)c3C2C(N)=O)ccc1OC. The zero-order chi connectivity index (χ0) is 22.9. The molecular weight excluding hydrogens is 444 g/mol. The summed E-state index contributed by atoms with van der Waals surface area (Å²) in [5.74, 6) is -1.02. The highest BCUT2D eigenvalue weighted by Gasteiger charge is 2.46. The van der Waals surface area contributed by atoms with Crippen LogP contribution in [0.3, 0.4) is 0 Å². The molecule has 31 heavy (non-hydrogen) atoms. The minimum atomic E-state index is -3.58. The van der Waals surface area contributed by atoms with Crippen molar-refractivity contribution in [2.45, 2.75) is 19.0 Å². The Balaban J connectivity index is 2.20. The number of rotatable bonds is 8. The molecule has 2 atom stereocenters. The molecule has 1 heterocycles. The Morgan fingerprint density at radius 3 is 2.61 bits per heavy atom. The second-order valence-corrected chi connectivity index (χ2v) is 9.68. The Kier molecular flexibility index (Phi) is 6.47. The van der Waals surface area contributed by atoms with E-state index < -0.39 is 39.5 Å². The summed E-state index contributed by atoms with van der Waals surface area (Å²) in [6.45, 7) is 2.14. The van der Waals surface area contributed by atoms with Crippen LogP contribution in [0.2, 0.25) is 5.02 Å². The molecule has 0 bridgehead atoms. The average molecular weight is 466 g/mol. The fourth-order valence-electron chi connectivity index (χ4n) is 3.71. The number of hydrogen-bond acceptors (Lipinski definition) is 6. The van der Waals surface area contributed by atoms with Crippen LogP contribution < -0.4 is 15.2 Å². The highest BCUT2D eigenvalue weighted by atomic mass is 35.5. The third kappa shape index (κ3) is 4.47. The number of amides is 2. The van der Waals surface area contributed by atoms with Crippen molar-refractivity contribution >= 4 is 33.3 Å². The molecule has 0 fully saturated rings. The normalized spacial score (nSPS) is 16.7. The van der Waals surface area contributed by atoms with Gasteiger partial charge in [0.2, 0.25) is 5.91 Å². The van der Waals surface area contributed by atoms with Gasteiger partial charge >= 0.3 is 0 Å². The van der Waals surface area contributed by atoms with Crippen LogP contribution in [0.5, 0.6) is 11.5 Å². The summed E-state index contributed by atoms with van der Waals surface area (Å²) >= 11 is 6.27. The Morgan fingerprint density at radius 2 is 2.03 bits per heavy atom. The molecule has 2 amide bonds. The molecule has 3 rings (SSSR count). The smallest absolute Gasteiger partial charge is 0.256 e. The number of sulfone groups is 1. The van der Waals surface area contributed by atoms with Crippen LogP contribution in [0.4, 0.5) is 0 Å². The standard InChI is InChI=1S/C21H22ClN2O6S/c1-4-30-17-10-12(8-9-16(17)29-2)15(11-31(3,27)28)24-19(20(23)25)18-13(21(24)26)6-5-7-14(18)22/h5,7-10,15,19H,4,11H2,1-3H3,(H2,23,25). The first kappa shape index (κ1) is 22.9. The van der Waals surface area contributed by atoms with Crippen molar-refractivity contribution in [2.24, 2.45) is 5.73 Å². The Morgan fingerprint density at radius 1 is 1.32 bits per heavy atom. The number of carbonyl (C=O) groups excluding carboxylic acids is 2. The van der Waals surface area contributed by atoms with Crippen molar-refractivity contribution in [3.63, 3.8) is 0 Å². The number of nitrogens with zero attached hydrogens (tertiary/aromatic N) is 1. The summed E-state index contributed by atoms with van der Waals surface area (Å²) in [4.78, 5) is 26.8. The van der Waals surface area contributed by atoms with Gasteiger partial charge in [-0.25, -0.2) is 8.42 Å². The second kappa shape index (κ2) is 8.76. The third-order valence-electron chi connectivity index (χ3n) is 4.92. The van der Waals surface area contributed by atoms with Crippen molar-refractivity contribution in [1.82, 2.24) is 4.90 Å². The van der Waals surface area contributed by atoms with E-state index in [2.05, 4.69) is 6.07 Å². The predicted molar refractivity (Wildman–Crippen MR) is 115 cm³/mol. The maximum Gasteiger partial charge on any atom is 0.256 e.